The number of hydrogen-bond donors (Lipinski definition) is 0. The van der Waals surface area contributed by atoms with Crippen LogP contribution < -0.4 is 4.74 Å². The first kappa shape index (κ1) is 20.6. The van der Waals surface area contributed by atoms with Crippen LogP contribution in [-0.4, -0.2) is 34.1 Å². The Morgan fingerprint density at radius 1 is 1.21 bits per heavy atom. The van der Waals surface area contributed by atoms with Gasteiger partial charge in [-0.3, -0.25) is 4.79 Å². The van der Waals surface area contributed by atoms with Crippen molar-refractivity contribution in [2.24, 2.45) is 0 Å². The van der Waals surface area contributed by atoms with E-state index in [1.54, 1.807) is 35.2 Å². The summed E-state index contributed by atoms with van der Waals surface area (Å²) in [7, 11) is 0. The Bertz CT molecular complexity index is 952. The summed E-state index contributed by atoms with van der Waals surface area (Å²) >= 11 is 5.90. The lowest BCUT2D eigenvalue weighted by atomic mass is 10.2. The van der Waals surface area contributed by atoms with E-state index >= 15 is 0 Å². The van der Waals surface area contributed by atoms with Gasteiger partial charge in [-0.1, -0.05) is 41.9 Å². The fraction of sp³-hybridized carbons (Fsp3) is 0.227. The zero-order valence-electron chi connectivity index (χ0n) is 16.2. The first-order valence-electron chi connectivity index (χ1n) is 9.28. The SMILES string of the molecule is C=CCN(Cc1nc(-c2ccc(Cl)cc2)no1)C(=O)COc1ccc(CC)cc1. The van der Waals surface area contributed by atoms with Crippen LogP contribution in [0.15, 0.2) is 65.7 Å². The standard InChI is InChI=1S/C22H22ClN3O3/c1-3-13-26(21(27)15-28-19-11-5-16(4-2)6-12-19)14-20-24-22(25-29-20)17-7-9-18(23)10-8-17/h3,5-12H,1,4,13-15H2,2H3. The molecule has 29 heavy (non-hydrogen) atoms. The average Bonchev–Trinajstić information content (AvgIpc) is 3.21. The summed E-state index contributed by atoms with van der Waals surface area (Å²) in [5.41, 5.74) is 2.00. The predicted molar refractivity (Wildman–Crippen MR) is 112 cm³/mol. The van der Waals surface area contributed by atoms with Gasteiger partial charge in [-0.15, -0.1) is 6.58 Å². The van der Waals surface area contributed by atoms with Crippen LogP contribution in [0.3, 0.4) is 0 Å². The van der Waals surface area contributed by atoms with Crippen molar-refractivity contribution in [3.8, 4) is 17.1 Å². The number of carbonyl (C=O) groups excluding carboxylic acids is 1. The maximum atomic E-state index is 12.6. The van der Waals surface area contributed by atoms with E-state index in [1.165, 1.54) is 5.56 Å². The zero-order valence-corrected chi connectivity index (χ0v) is 16.9. The van der Waals surface area contributed by atoms with Gasteiger partial charge >= 0.3 is 0 Å². The Balaban J connectivity index is 1.62. The van der Waals surface area contributed by atoms with Crippen LogP contribution in [0.25, 0.3) is 11.4 Å². The van der Waals surface area contributed by atoms with Gasteiger partial charge in [0, 0.05) is 17.1 Å². The van der Waals surface area contributed by atoms with Crippen LogP contribution in [-0.2, 0) is 17.8 Å². The molecule has 1 heterocycles. The summed E-state index contributed by atoms with van der Waals surface area (Å²) in [6.07, 6.45) is 2.60. The highest BCUT2D eigenvalue weighted by Gasteiger charge is 2.18. The van der Waals surface area contributed by atoms with E-state index in [2.05, 4.69) is 23.6 Å². The Hall–Kier alpha value is -3.12. The van der Waals surface area contributed by atoms with Gasteiger partial charge in [-0.25, -0.2) is 0 Å². The van der Waals surface area contributed by atoms with Crippen molar-refractivity contribution in [1.82, 2.24) is 15.0 Å². The summed E-state index contributed by atoms with van der Waals surface area (Å²) in [6, 6.07) is 14.8. The van der Waals surface area contributed by atoms with Gasteiger partial charge in [0.05, 0.1) is 0 Å². The number of halogens is 1. The molecule has 3 aromatic rings. The molecule has 0 fully saturated rings. The molecule has 0 spiro atoms. The van der Waals surface area contributed by atoms with Crippen molar-refractivity contribution in [3.05, 3.63) is 77.7 Å². The molecule has 0 saturated carbocycles. The Labute approximate surface area is 174 Å². The van der Waals surface area contributed by atoms with E-state index in [0.717, 1.165) is 12.0 Å². The van der Waals surface area contributed by atoms with Crippen molar-refractivity contribution in [2.75, 3.05) is 13.2 Å². The number of aryl methyl sites for hydroxylation is 1. The molecule has 0 radical (unpaired) electrons. The highest BCUT2D eigenvalue weighted by atomic mass is 35.5. The second-order valence-electron chi connectivity index (χ2n) is 6.37. The molecule has 1 amide bonds. The summed E-state index contributed by atoms with van der Waals surface area (Å²) in [6.45, 7) is 6.22. The molecule has 3 rings (SSSR count). The molecule has 0 atom stereocenters. The van der Waals surface area contributed by atoms with Crippen molar-refractivity contribution in [2.45, 2.75) is 19.9 Å². The van der Waals surface area contributed by atoms with E-state index in [-0.39, 0.29) is 19.1 Å². The van der Waals surface area contributed by atoms with Gasteiger partial charge < -0.3 is 14.2 Å². The van der Waals surface area contributed by atoms with Gasteiger partial charge in [0.15, 0.2) is 6.61 Å². The molecule has 0 aliphatic carbocycles. The number of amides is 1. The van der Waals surface area contributed by atoms with E-state index in [1.807, 2.05) is 24.3 Å². The van der Waals surface area contributed by atoms with E-state index in [4.69, 9.17) is 20.9 Å². The lowest BCUT2D eigenvalue weighted by molar-refractivity contribution is -0.133. The largest absolute Gasteiger partial charge is 0.484 e. The van der Waals surface area contributed by atoms with Crippen LogP contribution >= 0.6 is 11.6 Å². The maximum Gasteiger partial charge on any atom is 0.261 e. The maximum absolute atomic E-state index is 12.6. The summed E-state index contributed by atoms with van der Waals surface area (Å²) in [5, 5.41) is 4.60. The molecule has 0 aliphatic rings. The third-order valence-electron chi connectivity index (χ3n) is 4.29. The lowest BCUT2D eigenvalue weighted by Gasteiger charge is -2.19. The van der Waals surface area contributed by atoms with Gasteiger partial charge in [0.25, 0.3) is 5.91 Å². The van der Waals surface area contributed by atoms with E-state index in [0.29, 0.717) is 29.0 Å². The molecular weight excluding hydrogens is 390 g/mol. The molecule has 0 bridgehead atoms. The fourth-order valence-corrected chi connectivity index (χ4v) is 2.79. The number of rotatable bonds is 9. The summed E-state index contributed by atoms with van der Waals surface area (Å²) in [5.74, 6) is 1.22. The molecule has 0 N–H and O–H groups in total. The normalized spacial score (nSPS) is 10.6. The van der Waals surface area contributed by atoms with Crippen LogP contribution in [0, 0.1) is 0 Å². The molecule has 0 unspecified atom stereocenters. The van der Waals surface area contributed by atoms with Crippen LogP contribution in [0.1, 0.15) is 18.4 Å². The van der Waals surface area contributed by atoms with Gasteiger partial charge in [0.1, 0.15) is 12.3 Å². The third-order valence-corrected chi connectivity index (χ3v) is 4.54. The number of hydrogen-bond acceptors (Lipinski definition) is 5. The first-order valence-corrected chi connectivity index (χ1v) is 9.65. The molecule has 6 nitrogen and oxygen atoms in total. The number of benzene rings is 2. The van der Waals surface area contributed by atoms with Gasteiger partial charge in [-0.2, -0.15) is 4.98 Å². The lowest BCUT2D eigenvalue weighted by Crippen LogP contribution is -2.34. The Morgan fingerprint density at radius 2 is 1.93 bits per heavy atom. The summed E-state index contributed by atoms with van der Waals surface area (Å²) in [4.78, 5) is 18.5. The number of ether oxygens (including phenoxy) is 1. The molecule has 0 aliphatic heterocycles. The van der Waals surface area contributed by atoms with Crippen LogP contribution in [0.4, 0.5) is 0 Å². The van der Waals surface area contributed by atoms with Crippen LogP contribution in [0.5, 0.6) is 5.75 Å². The third kappa shape index (κ3) is 5.68. The predicted octanol–water partition coefficient (Wildman–Crippen LogP) is 4.55. The minimum atomic E-state index is -0.198. The fourth-order valence-electron chi connectivity index (χ4n) is 2.67. The minimum absolute atomic E-state index is 0.0858. The van der Waals surface area contributed by atoms with Crippen LogP contribution in [0.2, 0.25) is 5.02 Å². The second kappa shape index (κ2) is 9.89. The van der Waals surface area contributed by atoms with Crippen molar-refractivity contribution < 1.29 is 14.1 Å². The molecular formula is C22H22ClN3O3. The van der Waals surface area contributed by atoms with Crippen molar-refractivity contribution in [1.29, 1.82) is 0 Å². The topological polar surface area (TPSA) is 68.5 Å². The number of aromatic nitrogens is 2. The first-order chi connectivity index (χ1) is 14.1. The molecule has 1 aromatic heterocycles. The zero-order chi connectivity index (χ0) is 20.6. The number of nitrogens with zero attached hydrogens (tertiary/aromatic N) is 3. The molecule has 7 heteroatoms. The van der Waals surface area contributed by atoms with E-state index < -0.39 is 0 Å². The Morgan fingerprint density at radius 3 is 2.59 bits per heavy atom. The average molecular weight is 412 g/mol. The smallest absolute Gasteiger partial charge is 0.261 e. The number of carbonyl (C=O) groups is 1. The quantitative estimate of drug-likeness (QED) is 0.483. The van der Waals surface area contributed by atoms with Gasteiger partial charge in [0.2, 0.25) is 11.7 Å². The van der Waals surface area contributed by atoms with Crippen molar-refractivity contribution >= 4 is 17.5 Å². The van der Waals surface area contributed by atoms with Gasteiger partial charge in [-0.05, 0) is 48.4 Å². The van der Waals surface area contributed by atoms with Crippen molar-refractivity contribution in [3.63, 3.8) is 0 Å². The highest BCUT2D eigenvalue weighted by Crippen LogP contribution is 2.19. The second-order valence-corrected chi connectivity index (χ2v) is 6.80. The Kier molecular flexibility index (Phi) is 7.03. The monoisotopic (exact) mass is 411 g/mol. The summed E-state index contributed by atoms with van der Waals surface area (Å²) < 4.78 is 10.9. The minimum Gasteiger partial charge on any atom is -0.484 e. The highest BCUT2D eigenvalue weighted by molar-refractivity contribution is 6.30. The molecule has 2 aromatic carbocycles. The van der Waals surface area contributed by atoms with E-state index in [9.17, 15) is 4.79 Å². The molecule has 0 saturated heterocycles. The molecule has 150 valence electrons.